The lowest BCUT2D eigenvalue weighted by molar-refractivity contribution is 0.390. The van der Waals surface area contributed by atoms with Crippen molar-refractivity contribution in [2.24, 2.45) is 17.6 Å². The fourth-order valence-electron chi connectivity index (χ4n) is 2.42. The third-order valence-corrected chi connectivity index (χ3v) is 3.97. The van der Waals surface area contributed by atoms with Gasteiger partial charge in [-0.15, -0.1) is 0 Å². The highest BCUT2D eigenvalue weighted by Gasteiger charge is 2.30. The van der Waals surface area contributed by atoms with Gasteiger partial charge in [-0.05, 0) is 42.7 Å². The summed E-state index contributed by atoms with van der Waals surface area (Å²) < 4.78 is 0. The summed E-state index contributed by atoms with van der Waals surface area (Å²) in [5.41, 5.74) is 7.22. The SMILES string of the molecule is CC1C(N)CCC1Cc1ccncc1Cl. The molecular formula is C12H17ClN2. The van der Waals surface area contributed by atoms with Gasteiger partial charge < -0.3 is 5.73 Å². The lowest BCUT2D eigenvalue weighted by atomic mass is 9.90. The standard InChI is InChI=1S/C12H17ClN2/c1-8-9(2-3-12(8)14)6-10-4-5-15-7-11(10)13/h4-5,7-9,12H,2-3,6,14H2,1H3. The summed E-state index contributed by atoms with van der Waals surface area (Å²) in [7, 11) is 0. The topological polar surface area (TPSA) is 38.9 Å². The minimum Gasteiger partial charge on any atom is -0.327 e. The van der Waals surface area contributed by atoms with Crippen LogP contribution in [0.15, 0.2) is 18.5 Å². The normalized spacial score (nSPS) is 30.7. The number of hydrogen-bond acceptors (Lipinski definition) is 2. The molecule has 1 fully saturated rings. The molecule has 2 nitrogen and oxygen atoms in total. The number of aromatic nitrogens is 1. The first-order chi connectivity index (χ1) is 7.18. The van der Waals surface area contributed by atoms with E-state index in [1.807, 2.05) is 6.07 Å². The maximum absolute atomic E-state index is 6.09. The van der Waals surface area contributed by atoms with Crippen molar-refractivity contribution >= 4 is 11.6 Å². The van der Waals surface area contributed by atoms with Crippen molar-refractivity contribution in [2.75, 3.05) is 0 Å². The number of rotatable bonds is 2. The Balaban J connectivity index is 2.07. The van der Waals surface area contributed by atoms with E-state index in [0.29, 0.717) is 17.9 Å². The Morgan fingerprint density at radius 2 is 2.33 bits per heavy atom. The number of nitrogens with zero attached hydrogens (tertiary/aromatic N) is 1. The molecule has 82 valence electrons. The Morgan fingerprint density at radius 3 is 2.93 bits per heavy atom. The Kier molecular flexibility index (Phi) is 3.27. The van der Waals surface area contributed by atoms with Crippen molar-refractivity contribution in [3.8, 4) is 0 Å². The zero-order valence-corrected chi connectivity index (χ0v) is 9.74. The Morgan fingerprint density at radius 1 is 1.53 bits per heavy atom. The summed E-state index contributed by atoms with van der Waals surface area (Å²) >= 11 is 6.09. The van der Waals surface area contributed by atoms with Gasteiger partial charge in [0.15, 0.2) is 0 Å². The third-order valence-electron chi connectivity index (χ3n) is 3.63. The van der Waals surface area contributed by atoms with Crippen LogP contribution in [0.5, 0.6) is 0 Å². The summed E-state index contributed by atoms with van der Waals surface area (Å²) in [5, 5.41) is 0.783. The minimum absolute atomic E-state index is 0.371. The van der Waals surface area contributed by atoms with Crippen molar-refractivity contribution < 1.29 is 0 Å². The highest BCUT2D eigenvalue weighted by atomic mass is 35.5. The number of halogens is 1. The molecule has 3 heteroatoms. The molecule has 1 aliphatic rings. The lowest BCUT2D eigenvalue weighted by Gasteiger charge is -2.18. The number of pyridine rings is 1. The summed E-state index contributed by atoms with van der Waals surface area (Å²) in [6, 6.07) is 2.38. The second-order valence-electron chi connectivity index (χ2n) is 4.53. The molecule has 15 heavy (non-hydrogen) atoms. The van der Waals surface area contributed by atoms with Crippen LogP contribution < -0.4 is 5.73 Å². The first-order valence-corrected chi connectivity index (χ1v) is 5.90. The van der Waals surface area contributed by atoms with E-state index in [-0.39, 0.29) is 0 Å². The first kappa shape index (κ1) is 10.9. The molecule has 0 spiro atoms. The molecule has 1 saturated carbocycles. The van der Waals surface area contributed by atoms with Crippen molar-refractivity contribution in [1.29, 1.82) is 0 Å². The van der Waals surface area contributed by atoms with E-state index < -0.39 is 0 Å². The molecule has 2 N–H and O–H groups in total. The molecule has 0 saturated heterocycles. The van der Waals surface area contributed by atoms with Crippen LogP contribution >= 0.6 is 11.6 Å². The lowest BCUT2D eigenvalue weighted by Crippen LogP contribution is -2.25. The maximum atomic E-state index is 6.09. The molecule has 0 amide bonds. The minimum atomic E-state index is 0.371. The summed E-state index contributed by atoms with van der Waals surface area (Å²) in [6.45, 7) is 2.25. The van der Waals surface area contributed by atoms with Crippen LogP contribution in [0.2, 0.25) is 5.02 Å². The van der Waals surface area contributed by atoms with E-state index in [4.69, 9.17) is 17.3 Å². The van der Waals surface area contributed by atoms with Crippen LogP contribution in [0.1, 0.15) is 25.3 Å². The van der Waals surface area contributed by atoms with E-state index in [1.165, 1.54) is 12.0 Å². The van der Waals surface area contributed by atoms with E-state index in [1.54, 1.807) is 12.4 Å². The molecule has 0 aromatic carbocycles. The Hall–Kier alpha value is -0.600. The highest BCUT2D eigenvalue weighted by Crippen LogP contribution is 2.34. The van der Waals surface area contributed by atoms with Crippen LogP contribution in [-0.2, 0) is 6.42 Å². The van der Waals surface area contributed by atoms with E-state index in [0.717, 1.165) is 17.9 Å². The van der Waals surface area contributed by atoms with Gasteiger partial charge in [0.2, 0.25) is 0 Å². The maximum Gasteiger partial charge on any atom is 0.0621 e. The second kappa shape index (κ2) is 4.50. The van der Waals surface area contributed by atoms with Gasteiger partial charge in [0.1, 0.15) is 0 Å². The van der Waals surface area contributed by atoms with Gasteiger partial charge in [-0.25, -0.2) is 0 Å². The molecule has 1 aliphatic carbocycles. The van der Waals surface area contributed by atoms with Crippen LogP contribution in [0.4, 0.5) is 0 Å². The van der Waals surface area contributed by atoms with Gasteiger partial charge in [0.25, 0.3) is 0 Å². The molecule has 0 aliphatic heterocycles. The van der Waals surface area contributed by atoms with Crippen molar-refractivity contribution in [3.05, 3.63) is 29.0 Å². The predicted octanol–water partition coefficient (Wildman–Crippen LogP) is 2.65. The molecule has 2 rings (SSSR count). The number of hydrogen-bond donors (Lipinski definition) is 1. The second-order valence-corrected chi connectivity index (χ2v) is 4.94. The van der Waals surface area contributed by atoms with E-state index >= 15 is 0 Å². The summed E-state index contributed by atoms with van der Waals surface area (Å²) in [6.07, 6.45) is 6.93. The highest BCUT2D eigenvalue weighted by molar-refractivity contribution is 6.31. The summed E-state index contributed by atoms with van der Waals surface area (Å²) in [4.78, 5) is 4.00. The average molecular weight is 225 g/mol. The molecule has 1 aromatic heterocycles. The summed E-state index contributed by atoms with van der Waals surface area (Å²) in [5.74, 6) is 1.29. The van der Waals surface area contributed by atoms with Crippen molar-refractivity contribution in [1.82, 2.24) is 4.98 Å². The molecule has 1 heterocycles. The Labute approximate surface area is 95.8 Å². The Bertz CT molecular complexity index is 340. The molecule has 0 bridgehead atoms. The van der Waals surface area contributed by atoms with Crippen LogP contribution in [-0.4, -0.2) is 11.0 Å². The zero-order chi connectivity index (χ0) is 10.8. The largest absolute Gasteiger partial charge is 0.327 e. The van der Waals surface area contributed by atoms with Gasteiger partial charge in [0.05, 0.1) is 5.02 Å². The monoisotopic (exact) mass is 224 g/mol. The quantitative estimate of drug-likeness (QED) is 0.839. The van der Waals surface area contributed by atoms with E-state index in [2.05, 4.69) is 11.9 Å². The van der Waals surface area contributed by atoms with Gasteiger partial charge in [0, 0.05) is 18.4 Å². The van der Waals surface area contributed by atoms with Crippen LogP contribution in [0.3, 0.4) is 0 Å². The molecule has 1 aromatic rings. The fraction of sp³-hybridized carbons (Fsp3) is 0.583. The molecule has 3 atom stereocenters. The molecule has 3 unspecified atom stereocenters. The first-order valence-electron chi connectivity index (χ1n) is 5.52. The average Bonchev–Trinajstić information content (AvgIpc) is 2.53. The van der Waals surface area contributed by atoms with Gasteiger partial charge in [-0.1, -0.05) is 18.5 Å². The van der Waals surface area contributed by atoms with Gasteiger partial charge in [-0.2, -0.15) is 0 Å². The van der Waals surface area contributed by atoms with Crippen LogP contribution in [0, 0.1) is 11.8 Å². The molecular weight excluding hydrogens is 208 g/mol. The van der Waals surface area contributed by atoms with Crippen LogP contribution in [0.25, 0.3) is 0 Å². The van der Waals surface area contributed by atoms with Gasteiger partial charge in [-0.3, -0.25) is 4.98 Å². The fourth-order valence-corrected chi connectivity index (χ4v) is 2.62. The third kappa shape index (κ3) is 2.32. The smallest absolute Gasteiger partial charge is 0.0621 e. The molecule has 0 radical (unpaired) electrons. The van der Waals surface area contributed by atoms with Gasteiger partial charge >= 0.3 is 0 Å². The van der Waals surface area contributed by atoms with E-state index in [9.17, 15) is 0 Å². The number of nitrogens with two attached hydrogens (primary N) is 1. The van der Waals surface area contributed by atoms with Crippen molar-refractivity contribution in [3.63, 3.8) is 0 Å². The predicted molar refractivity (Wildman–Crippen MR) is 62.8 cm³/mol. The van der Waals surface area contributed by atoms with Crippen molar-refractivity contribution in [2.45, 2.75) is 32.2 Å². The zero-order valence-electron chi connectivity index (χ0n) is 8.99.